The first-order valence-corrected chi connectivity index (χ1v) is 9.62. The predicted octanol–water partition coefficient (Wildman–Crippen LogP) is 3.38. The van der Waals surface area contributed by atoms with E-state index < -0.39 is 0 Å². The second-order valence-corrected chi connectivity index (χ2v) is 7.53. The Morgan fingerprint density at radius 2 is 2.04 bits per heavy atom. The maximum atomic E-state index is 12.1. The normalized spacial score (nSPS) is 19.1. The van der Waals surface area contributed by atoms with Crippen molar-refractivity contribution in [1.82, 2.24) is 0 Å². The fraction of sp³-hybridized carbons (Fsp3) is 0.300. The Morgan fingerprint density at radius 3 is 2.74 bits per heavy atom. The molecule has 1 amide bonds. The number of hydrogen-bond donors (Lipinski definition) is 2. The van der Waals surface area contributed by atoms with Crippen molar-refractivity contribution in [1.29, 1.82) is 0 Å². The number of nitrogens with one attached hydrogen (secondary N) is 1. The molecule has 6 nitrogen and oxygen atoms in total. The molecule has 1 atom stereocenters. The third-order valence-corrected chi connectivity index (χ3v) is 5.19. The number of benzene rings is 2. The summed E-state index contributed by atoms with van der Waals surface area (Å²) in [5.74, 6) is 2.07. The van der Waals surface area contributed by atoms with Gasteiger partial charge in [0.15, 0.2) is 11.8 Å². The summed E-state index contributed by atoms with van der Waals surface area (Å²) in [5, 5.41) is 3.40. The van der Waals surface area contributed by atoms with Crippen LogP contribution in [0.15, 0.2) is 53.5 Å². The third kappa shape index (κ3) is 4.95. The molecule has 0 aromatic heterocycles. The van der Waals surface area contributed by atoms with Gasteiger partial charge >= 0.3 is 0 Å². The highest BCUT2D eigenvalue weighted by molar-refractivity contribution is 8.13. The second kappa shape index (κ2) is 8.35. The maximum Gasteiger partial charge on any atom is 0.262 e. The van der Waals surface area contributed by atoms with Crippen LogP contribution in [-0.2, 0) is 10.3 Å². The molecule has 1 heterocycles. The number of thioether (sulfide) groups is 1. The Labute approximate surface area is 163 Å². The van der Waals surface area contributed by atoms with Gasteiger partial charge in [-0.1, -0.05) is 23.9 Å². The molecule has 0 bridgehead atoms. The summed E-state index contributed by atoms with van der Waals surface area (Å²) in [5.41, 5.74) is 7.25. The number of carbonyl (C=O) groups excluding carboxylic acids is 1. The van der Waals surface area contributed by atoms with Gasteiger partial charge < -0.3 is 20.5 Å². The number of ether oxygens (including phenoxy) is 2. The summed E-state index contributed by atoms with van der Waals surface area (Å²) in [7, 11) is 1.60. The van der Waals surface area contributed by atoms with E-state index in [2.05, 4.69) is 17.2 Å². The zero-order chi connectivity index (χ0) is 19.3. The van der Waals surface area contributed by atoms with Crippen LogP contribution in [0.25, 0.3) is 0 Å². The second-order valence-electron chi connectivity index (χ2n) is 6.42. The van der Waals surface area contributed by atoms with Crippen molar-refractivity contribution in [3.05, 3.63) is 54.1 Å². The van der Waals surface area contributed by atoms with E-state index in [1.807, 2.05) is 24.3 Å². The minimum Gasteiger partial charge on any atom is -0.497 e. The lowest BCUT2D eigenvalue weighted by Crippen LogP contribution is -2.28. The van der Waals surface area contributed by atoms with E-state index in [0.29, 0.717) is 16.6 Å². The van der Waals surface area contributed by atoms with E-state index in [1.165, 1.54) is 0 Å². The van der Waals surface area contributed by atoms with Gasteiger partial charge in [0.2, 0.25) is 0 Å². The van der Waals surface area contributed by atoms with Crippen molar-refractivity contribution >= 4 is 28.5 Å². The summed E-state index contributed by atoms with van der Waals surface area (Å²) in [6.07, 6.45) is 0.903. The zero-order valence-electron chi connectivity index (χ0n) is 15.4. The number of hydrogen-bond acceptors (Lipinski definition) is 6. The third-order valence-electron chi connectivity index (χ3n) is 4.40. The molecule has 7 heteroatoms. The minimum atomic E-state index is -0.361. The van der Waals surface area contributed by atoms with Gasteiger partial charge in [-0.15, -0.1) is 0 Å². The molecule has 0 saturated heterocycles. The van der Waals surface area contributed by atoms with E-state index in [1.54, 1.807) is 43.1 Å². The van der Waals surface area contributed by atoms with Crippen LogP contribution < -0.4 is 20.5 Å². The molecular formula is C20H23N3O3S. The summed E-state index contributed by atoms with van der Waals surface area (Å²) >= 11 is 1.57. The van der Waals surface area contributed by atoms with E-state index in [-0.39, 0.29) is 18.1 Å². The SMILES string of the molecule is COc1ccc(NC(=O)COc2cccc(C3(C)CCSC(N)=N3)c2)cc1. The first-order chi connectivity index (χ1) is 13.0. The van der Waals surface area contributed by atoms with Crippen molar-refractivity contribution in [3.8, 4) is 11.5 Å². The van der Waals surface area contributed by atoms with Gasteiger partial charge in [-0.25, -0.2) is 0 Å². The van der Waals surface area contributed by atoms with Crippen molar-refractivity contribution in [2.24, 2.45) is 10.7 Å². The number of aliphatic imine (C=N–C) groups is 1. The number of amides is 1. The Bertz CT molecular complexity index is 839. The minimum absolute atomic E-state index is 0.0759. The summed E-state index contributed by atoms with van der Waals surface area (Å²) in [4.78, 5) is 16.7. The fourth-order valence-corrected chi connectivity index (χ4v) is 3.81. The van der Waals surface area contributed by atoms with Gasteiger partial charge in [0.1, 0.15) is 11.5 Å². The van der Waals surface area contributed by atoms with Crippen LogP contribution in [0.1, 0.15) is 18.9 Å². The number of carbonyl (C=O) groups is 1. The van der Waals surface area contributed by atoms with Crippen molar-refractivity contribution < 1.29 is 14.3 Å². The highest BCUT2D eigenvalue weighted by Gasteiger charge is 2.29. The van der Waals surface area contributed by atoms with E-state index in [0.717, 1.165) is 23.5 Å². The lowest BCUT2D eigenvalue weighted by Gasteiger charge is -2.30. The first kappa shape index (κ1) is 19.1. The number of nitrogens with zero attached hydrogens (tertiary/aromatic N) is 1. The van der Waals surface area contributed by atoms with E-state index in [9.17, 15) is 4.79 Å². The molecule has 3 rings (SSSR count). The molecule has 1 aliphatic heterocycles. The van der Waals surface area contributed by atoms with Crippen LogP contribution >= 0.6 is 11.8 Å². The van der Waals surface area contributed by atoms with Gasteiger partial charge in [-0.05, 0) is 55.3 Å². The summed E-state index contributed by atoms with van der Waals surface area (Å²) in [6, 6.07) is 14.8. The molecule has 0 fully saturated rings. The molecule has 142 valence electrons. The lowest BCUT2D eigenvalue weighted by atomic mass is 9.90. The molecule has 0 saturated carbocycles. The van der Waals surface area contributed by atoms with Gasteiger partial charge in [0, 0.05) is 11.4 Å². The van der Waals surface area contributed by atoms with E-state index in [4.69, 9.17) is 15.2 Å². The van der Waals surface area contributed by atoms with Gasteiger partial charge in [0.05, 0.1) is 12.6 Å². The first-order valence-electron chi connectivity index (χ1n) is 8.64. The average molecular weight is 385 g/mol. The van der Waals surface area contributed by atoms with Crippen LogP contribution in [0.2, 0.25) is 0 Å². The topological polar surface area (TPSA) is 85.9 Å². The van der Waals surface area contributed by atoms with Crippen LogP contribution in [0.5, 0.6) is 11.5 Å². The van der Waals surface area contributed by atoms with Crippen molar-refractivity contribution in [2.45, 2.75) is 18.9 Å². The average Bonchev–Trinajstić information content (AvgIpc) is 2.67. The Hall–Kier alpha value is -2.67. The molecule has 0 spiro atoms. The van der Waals surface area contributed by atoms with Gasteiger partial charge in [-0.2, -0.15) is 0 Å². The Balaban J connectivity index is 1.61. The highest BCUT2D eigenvalue weighted by atomic mass is 32.2. The number of nitrogens with two attached hydrogens (primary N) is 1. The highest BCUT2D eigenvalue weighted by Crippen LogP contribution is 2.36. The molecule has 1 unspecified atom stereocenters. The summed E-state index contributed by atoms with van der Waals surface area (Å²) in [6.45, 7) is 1.99. The van der Waals surface area contributed by atoms with Crippen molar-refractivity contribution in [2.75, 3.05) is 24.8 Å². The largest absolute Gasteiger partial charge is 0.497 e. The quantitative estimate of drug-likeness (QED) is 0.796. The monoisotopic (exact) mass is 385 g/mol. The van der Waals surface area contributed by atoms with Crippen molar-refractivity contribution in [3.63, 3.8) is 0 Å². The molecule has 2 aromatic carbocycles. The molecular weight excluding hydrogens is 362 g/mol. The van der Waals surface area contributed by atoms with Gasteiger partial charge in [0.25, 0.3) is 5.91 Å². The standard InChI is InChI=1S/C20H23N3O3S/c1-20(10-11-27-19(21)23-20)14-4-3-5-17(12-14)26-13-18(24)22-15-6-8-16(25-2)9-7-15/h3-9,12H,10-11,13H2,1-2H3,(H2,21,23)(H,22,24). The maximum absolute atomic E-state index is 12.1. The molecule has 0 aliphatic carbocycles. The molecule has 3 N–H and O–H groups in total. The smallest absolute Gasteiger partial charge is 0.262 e. The summed E-state index contributed by atoms with van der Waals surface area (Å²) < 4.78 is 10.8. The fourth-order valence-electron chi connectivity index (χ4n) is 2.84. The number of amidine groups is 1. The van der Waals surface area contributed by atoms with Crippen LogP contribution in [-0.4, -0.2) is 30.5 Å². The molecule has 2 aromatic rings. The number of methoxy groups -OCH3 is 1. The molecule has 27 heavy (non-hydrogen) atoms. The number of rotatable bonds is 6. The molecule has 0 radical (unpaired) electrons. The van der Waals surface area contributed by atoms with Crippen LogP contribution in [0.3, 0.4) is 0 Å². The Morgan fingerprint density at radius 1 is 1.26 bits per heavy atom. The van der Waals surface area contributed by atoms with Crippen LogP contribution in [0, 0.1) is 0 Å². The number of anilines is 1. The zero-order valence-corrected chi connectivity index (χ0v) is 16.2. The van der Waals surface area contributed by atoms with Crippen LogP contribution in [0.4, 0.5) is 5.69 Å². The predicted molar refractivity (Wildman–Crippen MR) is 110 cm³/mol. The Kier molecular flexibility index (Phi) is 5.91. The van der Waals surface area contributed by atoms with Gasteiger partial charge in [-0.3, -0.25) is 9.79 Å². The van der Waals surface area contributed by atoms with E-state index >= 15 is 0 Å². The lowest BCUT2D eigenvalue weighted by molar-refractivity contribution is -0.118. The molecule has 1 aliphatic rings.